The molecule has 1 aromatic carbocycles. The van der Waals surface area contributed by atoms with Gasteiger partial charge in [0.2, 0.25) is 0 Å². The molecule has 0 fully saturated rings. The van der Waals surface area contributed by atoms with Crippen molar-refractivity contribution >= 4 is 0 Å². The molecule has 0 radical (unpaired) electrons. The second kappa shape index (κ2) is 5.14. The molecule has 0 spiro atoms. The number of aryl methyl sites for hydroxylation is 1. The number of halogens is 1. The zero-order valence-corrected chi connectivity index (χ0v) is 10.4. The Morgan fingerprint density at radius 3 is 2.78 bits per heavy atom. The molecule has 1 aromatic heterocycles. The monoisotopic (exact) mass is 246 g/mol. The van der Waals surface area contributed by atoms with E-state index in [1.807, 2.05) is 13.0 Å². The maximum Gasteiger partial charge on any atom is 0.170 e. The van der Waals surface area contributed by atoms with E-state index in [1.54, 1.807) is 30.6 Å². The van der Waals surface area contributed by atoms with Gasteiger partial charge in [-0.15, -0.1) is 0 Å². The Labute approximate surface area is 105 Å². The molecule has 1 unspecified atom stereocenters. The Kier molecular flexibility index (Phi) is 3.58. The van der Waals surface area contributed by atoms with Crippen molar-refractivity contribution in [2.75, 3.05) is 7.11 Å². The first-order chi connectivity index (χ1) is 8.63. The molecule has 1 heterocycles. The van der Waals surface area contributed by atoms with E-state index < -0.39 is 11.9 Å². The highest BCUT2D eigenvalue weighted by Crippen LogP contribution is 2.27. The predicted octanol–water partition coefficient (Wildman–Crippen LogP) is 2.59. The molecule has 0 aliphatic rings. The molecule has 4 heteroatoms. The Morgan fingerprint density at radius 1 is 1.33 bits per heavy atom. The van der Waals surface area contributed by atoms with Gasteiger partial charge in [0.25, 0.3) is 0 Å². The van der Waals surface area contributed by atoms with Gasteiger partial charge in [0.15, 0.2) is 11.6 Å². The van der Waals surface area contributed by atoms with Crippen LogP contribution in [-0.2, 0) is 0 Å². The molecule has 0 bridgehead atoms. The fourth-order valence-corrected chi connectivity index (χ4v) is 1.85. The van der Waals surface area contributed by atoms with Crippen molar-refractivity contribution in [3.63, 3.8) is 0 Å². The minimum Gasteiger partial charge on any atom is -0.494 e. The fourth-order valence-electron chi connectivity index (χ4n) is 1.85. The smallest absolute Gasteiger partial charge is 0.170 e. The lowest BCUT2D eigenvalue weighted by Crippen LogP contribution is -2.14. The molecule has 2 rings (SSSR count). The van der Waals surface area contributed by atoms with E-state index in [1.165, 1.54) is 7.11 Å². The van der Waals surface area contributed by atoms with Crippen LogP contribution in [0.15, 0.2) is 36.7 Å². The molecule has 2 N–H and O–H groups in total. The number of benzene rings is 1. The number of hydrogen-bond acceptors (Lipinski definition) is 3. The van der Waals surface area contributed by atoms with Crippen LogP contribution in [0.3, 0.4) is 0 Å². The first-order valence-corrected chi connectivity index (χ1v) is 5.63. The number of aromatic nitrogens is 1. The van der Waals surface area contributed by atoms with Gasteiger partial charge in [-0.25, -0.2) is 4.39 Å². The average Bonchev–Trinajstić information content (AvgIpc) is 2.38. The molecule has 0 aliphatic carbocycles. The van der Waals surface area contributed by atoms with Gasteiger partial charge < -0.3 is 10.5 Å². The Morgan fingerprint density at radius 2 is 2.11 bits per heavy atom. The standard InChI is InChI=1S/C14H15FN2O/c1-9-6-10(8-17-7-9)14(16)11-4-3-5-12(18-2)13(11)15/h3-8,14H,16H2,1-2H3. The van der Waals surface area contributed by atoms with Crippen molar-refractivity contribution in [3.05, 3.63) is 59.2 Å². The van der Waals surface area contributed by atoms with Gasteiger partial charge in [0.05, 0.1) is 13.2 Å². The van der Waals surface area contributed by atoms with Crippen molar-refractivity contribution < 1.29 is 9.13 Å². The summed E-state index contributed by atoms with van der Waals surface area (Å²) in [5.74, 6) is -0.224. The molecule has 0 saturated carbocycles. The van der Waals surface area contributed by atoms with E-state index in [4.69, 9.17) is 10.5 Å². The van der Waals surface area contributed by atoms with E-state index >= 15 is 0 Å². The molecule has 1 atom stereocenters. The third kappa shape index (κ3) is 2.33. The van der Waals surface area contributed by atoms with Crippen molar-refractivity contribution in [1.82, 2.24) is 4.98 Å². The van der Waals surface area contributed by atoms with E-state index in [0.717, 1.165) is 11.1 Å². The normalized spacial score (nSPS) is 12.2. The maximum absolute atomic E-state index is 14.1. The summed E-state index contributed by atoms with van der Waals surface area (Å²) in [4.78, 5) is 4.07. The molecule has 3 nitrogen and oxygen atoms in total. The van der Waals surface area contributed by atoms with E-state index in [9.17, 15) is 4.39 Å². The lowest BCUT2D eigenvalue weighted by atomic mass is 9.99. The number of rotatable bonds is 3. The van der Waals surface area contributed by atoms with Crippen molar-refractivity contribution in [2.45, 2.75) is 13.0 Å². The van der Waals surface area contributed by atoms with E-state index in [2.05, 4.69) is 4.98 Å². The fraction of sp³-hybridized carbons (Fsp3) is 0.214. The summed E-state index contributed by atoms with van der Waals surface area (Å²) in [6.45, 7) is 1.92. The van der Waals surface area contributed by atoms with Crippen molar-refractivity contribution in [2.24, 2.45) is 5.73 Å². The summed E-state index contributed by atoms with van der Waals surface area (Å²) >= 11 is 0. The third-order valence-electron chi connectivity index (χ3n) is 2.80. The SMILES string of the molecule is COc1cccc(C(N)c2cncc(C)c2)c1F. The summed E-state index contributed by atoms with van der Waals surface area (Å²) < 4.78 is 19.0. The van der Waals surface area contributed by atoms with Crippen LogP contribution in [0, 0.1) is 12.7 Å². The lowest BCUT2D eigenvalue weighted by molar-refractivity contribution is 0.383. The topological polar surface area (TPSA) is 48.1 Å². The largest absolute Gasteiger partial charge is 0.494 e. The molecule has 18 heavy (non-hydrogen) atoms. The summed E-state index contributed by atoms with van der Waals surface area (Å²) in [7, 11) is 1.43. The van der Waals surface area contributed by atoms with Crippen LogP contribution in [0.4, 0.5) is 4.39 Å². The molecule has 94 valence electrons. The highest BCUT2D eigenvalue weighted by Gasteiger charge is 2.16. The Bertz CT molecular complexity index is 557. The van der Waals surface area contributed by atoms with Crippen LogP contribution in [0.2, 0.25) is 0 Å². The Balaban J connectivity index is 2.43. The molecular weight excluding hydrogens is 231 g/mol. The molecule has 0 aliphatic heterocycles. The van der Waals surface area contributed by atoms with Crippen LogP contribution in [-0.4, -0.2) is 12.1 Å². The van der Waals surface area contributed by atoms with Crippen molar-refractivity contribution in [3.8, 4) is 5.75 Å². The number of nitrogens with two attached hydrogens (primary N) is 1. The van der Waals surface area contributed by atoms with Crippen LogP contribution in [0.1, 0.15) is 22.7 Å². The number of methoxy groups -OCH3 is 1. The molecule has 0 amide bonds. The summed E-state index contributed by atoms with van der Waals surface area (Å²) in [6, 6.07) is 6.30. The van der Waals surface area contributed by atoms with Gasteiger partial charge >= 0.3 is 0 Å². The van der Waals surface area contributed by atoms with Gasteiger partial charge in [-0.1, -0.05) is 18.2 Å². The summed E-state index contributed by atoms with van der Waals surface area (Å²) in [5.41, 5.74) is 8.25. The number of hydrogen-bond donors (Lipinski definition) is 1. The highest BCUT2D eigenvalue weighted by atomic mass is 19.1. The number of pyridine rings is 1. The van der Waals surface area contributed by atoms with Gasteiger partial charge in [0, 0.05) is 18.0 Å². The van der Waals surface area contributed by atoms with Crippen LogP contribution >= 0.6 is 0 Å². The predicted molar refractivity (Wildman–Crippen MR) is 68.0 cm³/mol. The first-order valence-electron chi connectivity index (χ1n) is 5.63. The van der Waals surface area contributed by atoms with Gasteiger partial charge in [-0.2, -0.15) is 0 Å². The Hall–Kier alpha value is -1.94. The lowest BCUT2D eigenvalue weighted by Gasteiger charge is -2.15. The van der Waals surface area contributed by atoms with Crippen LogP contribution in [0.25, 0.3) is 0 Å². The minimum absolute atomic E-state index is 0.198. The van der Waals surface area contributed by atoms with Gasteiger partial charge in [-0.3, -0.25) is 4.98 Å². The quantitative estimate of drug-likeness (QED) is 0.905. The molecule has 2 aromatic rings. The minimum atomic E-state index is -0.549. The first kappa shape index (κ1) is 12.5. The number of ether oxygens (including phenoxy) is 1. The zero-order valence-electron chi connectivity index (χ0n) is 10.4. The zero-order chi connectivity index (χ0) is 13.1. The van der Waals surface area contributed by atoms with Crippen LogP contribution in [0.5, 0.6) is 5.75 Å². The van der Waals surface area contributed by atoms with Gasteiger partial charge in [0.1, 0.15) is 0 Å². The maximum atomic E-state index is 14.1. The summed E-state index contributed by atoms with van der Waals surface area (Å²) in [5, 5.41) is 0. The second-order valence-corrected chi connectivity index (χ2v) is 4.14. The molecule has 0 saturated heterocycles. The second-order valence-electron chi connectivity index (χ2n) is 4.14. The number of nitrogens with zero attached hydrogens (tertiary/aromatic N) is 1. The van der Waals surface area contributed by atoms with E-state index in [-0.39, 0.29) is 5.75 Å². The third-order valence-corrected chi connectivity index (χ3v) is 2.80. The highest BCUT2D eigenvalue weighted by molar-refractivity contribution is 5.38. The van der Waals surface area contributed by atoms with Gasteiger partial charge in [-0.05, 0) is 24.1 Å². The van der Waals surface area contributed by atoms with Crippen molar-refractivity contribution in [1.29, 1.82) is 0 Å². The summed E-state index contributed by atoms with van der Waals surface area (Å²) in [6.07, 6.45) is 3.38. The molecular formula is C14H15FN2O. The van der Waals surface area contributed by atoms with Crippen LogP contribution < -0.4 is 10.5 Å². The van der Waals surface area contributed by atoms with E-state index in [0.29, 0.717) is 5.56 Å². The average molecular weight is 246 g/mol.